The minimum absolute atomic E-state index is 0.0738. The van der Waals surface area contributed by atoms with E-state index in [-0.39, 0.29) is 11.5 Å². The first-order valence-electron chi connectivity index (χ1n) is 8.41. The lowest BCUT2D eigenvalue weighted by Gasteiger charge is -2.33. The minimum atomic E-state index is -0.0738. The van der Waals surface area contributed by atoms with Crippen LogP contribution in [0.5, 0.6) is 0 Å². The number of rotatable bonds is 4. The van der Waals surface area contributed by atoms with Gasteiger partial charge in [-0.15, -0.1) is 11.8 Å². The minimum Gasteiger partial charge on any atom is -0.339 e. The Morgan fingerprint density at radius 3 is 3.00 bits per heavy atom. The number of fused-ring (bicyclic) bond motifs is 1. The van der Waals surface area contributed by atoms with E-state index in [1.807, 2.05) is 24.0 Å². The molecule has 24 heavy (non-hydrogen) atoms. The molecule has 2 aromatic rings. The van der Waals surface area contributed by atoms with E-state index < -0.39 is 0 Å². The number of aromatic nitrogens is 2. The van der Waals surface area contributed by atoms with Gasteiger partial charge in [-0.3, -0.25) is 14.0 Å². The number of thioether (sulfide) groups is 1. The molecule has 5 nitrogen and oxygen atoms in total. The lowest BCUT2D eigenvalue weighted by Crippen LogP contribution is -2.42. The van der Waals surface area contributed by atoms with E-state index in [1.165, 1.54) is 18.2 Å². The van der Waals surface area contributed by atoms with E-state index in [4.69, 9.17) is 0 Å². The van der Waals surface area contributed by atoms with Crippen LogP contribution in [0, 0.1) is 6.92 Å². The molecule has 0 aromatic carbocycles. The van der Waals surface area contributed by atoms with Crippen molar-refractivity contribution in [1.82, 2.24) is 14.3 Å². The molecule has 0 N–H and O–H groups in total. The van der Waals surface area contributed by atoms with Crippen LogP contribution in [0.2, 0.25) is 0 Å². The van der Waals surface area contributed by atoms with Crippen molar-refractivity contribution in [1.29, 1.82) is 0 Å². The first-order chi connectivity index (χ1) is 11.5. The molecule has 0 saturated carbocycles. The molecule has 1 fully saturated rings. The first-order valence-corrected chi connectivity index (χ1v) is 9.56. The van der Waals surface area contributed by atoms with Gasteiger partial charge in [0.1, 0.15) is 5.65 Å². The van der Waals surface area contributed by atoms with Crippen LogP contribution in [0.3, 0.4) is 0 Å². The van der Waals surface area contributed by atoms with Gasteiger partial charge in [0.2, 0.25) is 5.91 Å². The maximum Gasteiger partial charge on any atom is 0.258 e. The molecule has 3 heterocycles. The van der Waals surface area contributed by atoms with Crippen LogP contribution in [0.15, 0.2) is 29.2 Å². The number of piperidine rings is 1. The quantitative estimate of drug-likeness (QED) is 0.855. The predicted molar refractivity (Wildman–Crippen MR) is 97.4 cm³/mol. The molecular formula is C18H23N3O2S. The summed E-state index contributed by atoms with van der Waals surface area (Å²) in [5.41, 5.74) is 2.33. The van der Waals surface area contributed by atoms with E-state index in [1.54, 1.807) is 16.7 Å². The molecule has 3 rings (SSSR count). The van der Waals surface area contributed by atoms with Crippen LogP contribution >= 0.6 is 11.8 Å². The third-order valence-corrected chi connectivity index (χ3v) is 5.41. The first kappa shape index (κ1) is 17.0. The Hall–Kier alpha value is -1.82. The van der Waals surface area contributed by atoms with E-state index in [0.29, 0.717) is 23.2 Å². The van der Waals surface area contributed by atoms with E-state index in [2.05, 4.69) is 11.9 Å². The SMILES string of the molecule is Cc1ccc2nc(CSCC(=O)N3CCCC[C@@H]3C)cc(=O)n2c1. The van der Waals surface area contributed by atoms with Crippen molar-refractivity contribution < 1.29 is 4.79 Å². The van der Waals surface area contributed by atoms with Crippen molar-refractivity contribution in [2.24, 2.45) is 0 Å². The number of amides is 1. The molecule has 0 spiro atoms. The van der Waals surface area contributed by atoms with Crippen molar-refractivity contribution in [2.45, 2.75) is 44.9 Å². The highest BCUT2D eigenvalue weighted by Crippen LogP contribution is 2.19. The smallest absolute Gasteiger partial charge is 0.258 e. The summed E-state index contributed by atoms with van der Waals surface area (Å²) < 4.78 is 1.56. The van der Waals surface area contributed by atoms with Gasteiger partial charge in [-0.2, -0.15) is 0 Å². The zero-order valence-electron chi connectivity index (χ0n) is 14.2. The highest BCUT2D eigenvalue weighted by atomic mass is 32.2. The Morgan fingerprint density at radius 2 is 2.21 bits per heavy atom. The number of likely N-dealkylation sites (tertiary alicyclic amines) is 1. The van der Waals surface area contributed by atoms with Gasteiger partial charge in [0.25, 0.3) is 5.56 Å². The number of pyridine rings is 1. The summed E-state index contributed by atoms with van der Waals surface area (Å²) >= 11 is 1.53. The largest absolute Gasteiger partial charge is 0.339 e. The van der Waals surface area contributed by atoms with Gasteiger partial charge in [0, 0.05) is 30.6 Å². The van der Waals surface area contributed by atoms with E-state index in [0.717, 1.165) is 30.6 Å². The zero-order valence-corrected chi connectivity index (χ0v) is 15.0. The number of aryl methyl sites for hydroxylation is 1. The maximum absolute atomic E-state index is 12.3. The molecule has 0 bridgehead atoms. The summed E-state index contributed by atoms with van der Waals surface area (Å²) in [6.45, 7) is 4.94. The Kier molecular flexibility index (Phi) is 5.23. The van der Waals surface area contributed by atoms with Gasteiger partial charge >= 0.3 is 0 Å². The van der Waals surface area contributed by atoms with Gasteiger partial charge in [-0.25, -0.2) is 4.98 Å². The molecule has 1 aliphatic rings. The van der Waals surface area contributed by atoms with Gasteiger partial charge in [-0.1, -0.05) is 6.07 Å². The van der Waals surface area contributed by atoms with Gasteiger partial charge < -0.3 is 4.90 Å². The highest BCUT2D eigenvalue weighted by Gasteiger charge is 2.22. The van der Waals surface area contributed by atoms with Crippen LogP contribution in [0.1, 0.15) is 37.4 Å². The molecule has 0 radical (unpaired) electrons. The number of carbonyl (C=O) groups excluding carboxylic acids is 1. The topological polar surface area (TPSA) is 54.7 Å². The molecule has 0 aliphatic carbocycles. The molecule has 1 aliphatic heterocycles. The van der Waals surface area contributed by atoms with Gasteiger partial charge in [0.15, 0.2) is 0 Å². The van der Waals surface area contributed by atoms with Crippen molar-refractivity contribution in [3.05, 3.63) is 46.0 Å². The Balaban J connectivity index is 1.62. The van der Waals surface area contributed by atoms with Crippen LogP contribution in [0.4, 0.5) is 0 Å². The molecular weight excluding hydrogens is 322 g/mol. The average molecular weight is 345 g/mol. The molecule has 2 aromatic heterocycles. The molecule has 1 saturated heterocycles. The Bertz CT molecular complexity index is 802. The van der Waals surface area contributed by atoms with Gasteiger partial charge in [-0.05, 0) is 44.7 Å². The van der Waals surface area contributed by atoms with Crippen LogP contribution in [-0.2, 0) is 10.5 Å². The standard InChI is InChI=1S/C18H23N3O2S/c1-13-6-7-16-19-15(9-17(22)21(16)10-13)11-24-12-18(23)20-8-4-3-5-14(20)2/h6-7,9-10,14H,3-5,8,11-12H2,1-2H3/t14-/m0/s1. The average Bonchev–Trinajstić information content (AvgIpc) is 2.56. The lowest BCUT2D eigenvalue weighted by atomic mass is 10.0. The summed E-state index contributed by atoms with van der Waals surface area (Å²) in [4.78, 5) is 31.0. The summed E-state index contributed by atoms with van der Waals surface area (Å²) in [6.07, 6.45) is 5.20. The fraction of sp³-hybridized carbons (Fsp3) is 0.500. The number of nitrogens with zero attached hydrogens (tertiary/aromatic N) is 3. The second kappa shape index (κ2) is 7.38. The van der Waals surface area contributed by atoms with E-state index in [9.17, 15) is 9.59 Å². The second-order valence-electron chi connectivity index (χ2n) is 6.45. The molecule has 128 valence electrons. The van der Waals surface area contributed by atoms with Gasteiger partial charge in [0.05, 0.1) is 11.4 Å². The molecule has 6 heteroatoms. The fourth-order valence-electron chi connectivity index (χ4n) is 3.13. The summed E-state index contributed by atoms with van der Waals surface area (Å²) in [7, 11) is 0. The van der Waals surface area contributed by atoms with Crippen molar-refractivity contribution in [2.75, 3.05) is 12.3 Å². The lowest BCUT2D eigenvalue weighted by molar-refractivity contribution is -0.131. The highest BCUT2D eigenvalue weighted by molar-refractivity contribution is 7.99. The molecule has 1 atom stereocenters. The third-order valence-electron chi connectivity index (χ3n) is 4.46. The normalized spacial score (nSPS) is 18.1. The van der Waals surface area contributed by atoms with E-state index >= 15 is 0 Å². The summed E-state index contributed by atoms with van der Waals surface area (Å²) in [5.74, 6) is 1.22. The second-order valence-corrected chi connectivity index (χ2v) is 7.43. The predicted octanol–water partition coefficient (Wildman–Crippen LogP) is 2.64. The monoisotopic (exact) mass is 345 g/mol. The zero-order chi connectivity index (χ0) is 17.1. The fourth-order valence-corrected chi connectivity index (χ4v) is 3.93. The van der Waals surface area contributed by atoms with Crippen LogP contribution in [0.25, 0.3) is 5.65 Å². The third kappa shape index (κ3) is 3.80. The Morgan fingerprint density at radius 1 is 1.38 bits per heavy atom. The molecule has 0 unspecified atom stereocenters. The van der Waals surface area contributed by atoms with Crippen molar-refractivity contribution in [3.8, 4) is 0 Å². The maximum atomic E-state index is 12.3. The van der Waals surface area contributed by atoms with Crippen LogP contribution in [-0.4, -0.2) is 38.5 Å². The van der Waals surface area contributed by atoms with Crippen LogP contribution < -0.4 is 5.56 Å². The number of hydrogen-bond donors (Lipinski definition) is 0. The number of hydrogen-bond acceptors (Lipinski definition) is 4. The number of carbonyl (C=O) groups is 1. The summed E-state index contributed by atoms with van der Waals surface area (Å²) in [6, 6.07) is 5.71. The Labute approximate surface area is 146 Å². The summed E-state index contributed by atoms with van der Waals surface area (Å²) in [5, 5.41) is 0. The van der Waals surface area contributed by atoms with Crippen molar-refractivity contribution in [3.63, 3.8) is 0 Å². The molecule has 1 amide bonds. The van der Waals surface area contributed by atoms with Crippen molar-refractivity contribution >= 4 is 23.3 Å².